The lowest BCUT2D eigenvalue weighted by molar-refractivity contribution is 0.186. The number of ether oxygens (including phenoxy) is 1. The number of rotatable bonds is 9. The van der Waals surface area contributed by atoms with E-state index >= 15 is 0 Å². The molecule has 1 aromatic carbocycles. The Labute approximate surface area is 201 Å². The van der Waals surface area contributed by atoms with Crippen molar-refractivity contribution in [1.29, 1.82) is 0 Å². The van der Waals surface area contributed by atoms with Crippen molar-refractivity contribution in [2.75, 3.05) is 12.0 Å². The highest BCUT2D eigenvalue weighted by Gasteiger charge is 2.20. The minimum Gasteiger partial charge on any atom is -0.490 e. The number of hydrogen-bond donors (Lipinski definition) is 0. The van der Waals surface area contributed by atoms with E-state index in [4.69, 9.17) is 16.3 Å². The van der Waals surface area contributed by atoms with Crippen LogP contribution in [0.2, 0.25) is 5.02 Å². The van der Waals surface area contributed by atoms with Gasteiger partial charge in [0.25, 0.3) is 5.95 Å². The van der Waals surface area contributed by atoms with Gasteiger partial charge in [-0.1, -0.05) is 44.4 Å². The van der Waals surface area contributed by atoms with Crippen molar-refractivity contribution < 1.29 is 13.2 Å². The van der Waals surface area contributed by atoms with Gasteiger partial charge >= 0.3 is 0 Å². The second kappa shape index (κ2) is 11.2. The molecule has 0 spiro atoms. The quantitative estimate of drug-likeness (QED) is 0.452. The zero-order valence-corrected chi connectivity index (χ0v) is 21.2. The fourth-order valence-electron chi connectivity index (χ4n) is 3.78. The molecule has 0 saturated carbocycles. The van der Waals surface area contributed by atoms with E-state index in [2.05, 4.69) is 33.8 Å². The van der Waals surface area contributed by atoms with Crippen LogP contribution in [0.25, 0.3) is 11.4 Å². The van der Waals surface area contributed by atoms with Crippen molar-refractivity contribution in [3.8, 4) is 17.1 Å². The molecular formula is C24H31ClN4O3S. The average Bonchev–Trinajstić information content (AvgIpc) is 2.75. The van der Waals surface area contributed by atoms with Crippen LogP contribution in [0.15, 0.2) is 41.2 Å². The van der Waals surface area contributed by atoms with E-state index in [9.17, 15) is 8.42 Å². The fourth-order valence-corrected chi connectivity index (χ4v) is 4.91. The van der Waals surface area contributed by atoms with Crippen molar-refractivity contribution in [2.24, 2.45) is 10.9 Å². The van der Waals surface area contributed by atoms with Crippen molar-refractivity contribution in [1.82, 2.24) is 15.0 Å². The maximum atomic E-state index is 11.8. The monoisotopic (exact) mass is 490 g/mol. The van der Waals surface area contributed by atoms with Gasteiger partial charge in [-0.2, -0.15) is 9.97 Å². The molecule has 178 valence electrons. The normalized spacial score (nSPS) is 18.8. The van der Waals surface area contributed by atoms with Crippen LogP contribution in [0.3, 0.4) is 0 Å². The van der Waals surface area contributed by atoms with Gasteiger partial charge < -0.3 is 4.74 Å². The number of aromatic nitrogens is 3. The van der Waals surface area contributed by atoms with Gasteiger partial charge in [-0.3, -0.25) is 0 Å². The molecule has 1 heterocycles. The third-order valence-electron chi connectivity index (χ3n) is 5.59. The highest BCUT2D eigenvalue weighted by atomic mass is 35.5. The lowest BCUT2D eigenvalue weighted by Crippen LogP contribution is -2.18. The van der Waals surface area contributed by atoms with Crippen LogP contribution in [0, 0.1) is 5.92 Å². The van der Waals surface area contributed by atoms with Crippen LogP contribution in [-0.2, 0) is 9.84 Å². The molecule has 1 aromatic heterocycles. The molecule has 33 heavy (non-hydrogen) atoms. The van der Waals surface area contributed by atoms with Crippen molar-refractivity contribution in [3.63, 3.8) is 0 Å². The molecule has 1 aliphatic rings. The van der Waals surface area contributed by atoms with Crippen molar-refractivity contribution in [3.05, 3.63) is 41.2 Å². The number of hydrogen-bond acceptors (Lipinski definition) is 7. The minimum absolute atomic E-state index is 0.0392. The molecule has 0 N–H and O–H groups in total. The third-order valence-corrected chi connectivity index (χ3v) is 6.69. The topological polar surface area (TPSA) is 94.4 Å². The summed E-state index contributed by atoms with van der Waals surface area (Å²) in [5.41, 5.74) is 2.36. The largest absolute Gasteiger partial charge is 0.490 e. The SMILES string of the molecule is CCCC(CC)Oc1cc(Cl)ccc1-c1ncnc(N=C2C=C(CS(C)(=O)=O)C(C)CC2)n1. The highest BCUT2D eigenvalue weighted by Crippen LogP contribution is 2.33. The zero-order chi connectivity index (χ0) is 24.0. The lowest BCUT2D eigenvalue weighted by atomic mass is 9.89. The minimum atomic E-state index is -3.11. The Morgan fingerprint density at radius 1 is 1.27 bits per heavy atom. The molecule has 0 bridgehead atoms. The summed E-state index contributed by atoms with van der Waals surface area (Å²) in [4.78, 5) is 17.7. The molecule has 2 unspecified atom stereocenters. The number of nitrogens with zero attached hydrogens (tertiary/aromatic N) is 4. The van der Waals surface area contributed by atoms with Gasteiger partial charge in [-0.25, -0.2) is 18.4 Å². The number of sulfone groups is 1. The molecule has 2 atom stereocenters. The van der Waals surface area contributed by atoms with Gasteiger partial charge in [0.2, 0.25) is 0 Å². The Hall–Kier alpha value is -2.32. The first kappa shape index (κ1) is 25.3. The Morgan fingerprint density at radius 2 is 2.06 bits per heavy atom. The summed E-state index contributed by atoms with van der Waals surface area (Å²) in [5.74, 6) is 1.61. The van der Waals surface area contributed by atoms with E-state index in [1.54, 1.807) is 12.1 Å². The smallest absolute Gasteiger partial charge is 0.253 e. The molecule has 2 aromatic rings. The molecule has 7 nitrogen and oxygen atoms in total. The van der Waals surface area contributed by atoms with Gasteiger partial charge in [-0.05, 0) is 55.9 Å². The average molecular weight is 491 g/mol. The van der Waals surface area contributed by atoms with E-state index in [0.717, 1.165) is 49.0 Å². The van der Waals surface area contributed by atoms with Crippen molar-refractivity contribution >= 4 is 33.1 Å². The second-order valence-electron chi connectivity index (χ2n) is 8.52. The Balaban J connectivity index is 1.93. The molecule has 9 heteroatoms. The van der Waals surface area contributed by atoms with Crippen LogP contribution in [0.5, 0.6) is 5.75 Å². The standard InChI is InChI=1S/C24H31ClN4O3S/c1-5-7-20(6-2)32-22-13-18(25)9-11-21(22)23-26-15-27-24(29-23)28-19-10-8-16(3)17(12-19)14-33(4,30)31/h9,11-13,15-16,20H,5-8,10,14H2,1-4H3. The second-order valence-corrected chi connectivity index (χ2v) is 11.1. The van der Waals surface area contributed by atoms with E-state index in [1.807, 2.05) is 19.1 Å². The van der Waals surface area contributed by atoms with Gasteiger partial charge in [0, 0.05) is 17.0 Å². The molecule has 0 amide bonds. The number of halogens is 1. The summed E-state index contributed by atoms with van der Waals surface area (Å²) in [6.07, 6.45) is 9.05. The number of allylic oxidation sites excluding steroid dienone is 1. The third kappa shape index (κ3) is 7.33. The fraction of sp³-hybridized carbons (Fsp3) is 0.500. The van der Waals surface area contributed by atoms with E-state index in [0.29, 0.717) is 16.6 Å². The molecular weight excluding hydrogens is 460 g/mol. The van der Waals surface area contributed by atoms with E-state index in [-0.39, 0.29) is 23.7 Å². The molecule has 3 rings (SSSR count). The van der Waals surface area contributed by atoms with Gasteiger partial charge in [0.1, 0.15) is 12.1 Å². The van der Waals surface area contributed by atoms with Crippen molar-refractivity contribution in [2.45, 2.75) is 59.0 Å². The molecule has 0 fully saturated rings. The summed E-state index contributed by atoms with van der Waals surface area (Å²) in [6, 6.07) is 5.41. The van der Waals surface area contributed by atoms with E-state index < -0.39 is 9.84 Å². The maximum absolute atomic E-state index is 11.8. The number of aliphatic imine (C=N–C) groups is 1. The first-order valence-corrected chi connectivity index (χ1v) is 13.7. The van der Waals surface area contributed by atoms with Gasteiger partial charge in [-0.15, -0.1) is 0 Å². The summed E-state index contributed by atoms with van der Waals surface area (Å²) in [5, 5.41) is 0.578. The molecule has 1 aliphatic carbocycles. The molecule has 0 radical (unpaired) electrons. The Bertz CT molecular complexity index is 1150. The summed E-state index contributed by atoms with van der Waals surface area (Å²) >= 11 is 6.23. The van der Waals surface area contributed by atoms with Crippen LogP contribution in [0.1, 0.15) is 52.9 Å². The zero-order valence-electron chi connectivity index (χ0n) is 19.6. The first-order valence-electron chi connectivity index (χ1n) is 11.3. The predicted octanol–water partition coefficient (Wildman–Crippen LogP) is 5.62. The summed E-state index contributed by atoms with van der Waals surface area (Å²) < 4.78 is 29.8. The van der Waals surface area contributed by atoms with E-state index in [1.165, 1.54) is 12.6 Å². The van der Waals surface area contributed by atoms with Gasteiger partial charge in [0.15, 0.2) is 15.7 Å². The molecule has 0 saturated heterocycles. The van der Waals surface area contributed by atoms with Crippen LogP contribution < -0.4 is 4.74 Å². The highest BCUT2D eigenvalue weighted by molar-refractivity contribution is 7.90. The first-order chi connectivity index (χ1) is 15.7. The maximum Gasteiger partial charge on any atom is 0.253 e. The van der Waals surface area contributed by atoms with Crippen LogP contribution in [0.4, 0.5) is 5.95 Å². The number of benzene rings is 1. The van der Waals surface area contributed by atoms with Crippen LogP contribution >= 0.6 is 11.6 Å². The summed E-state index contributed by atoms with van der Waals surface area (Å²) in [7, 11) is -3.11. The molecule has 0 aliphatic heterocycles. The predicted molar refractivity (Wildman–Crippen MR) is 133 cm³/mol. The van der Waals surface area contributed by atoms with Crippen LogP contribution in [-0.4, -0.2) is 47.2 Å². The Morgan fingerprint density at radius 3 is 2.76 bits per heavy atom. The van der Waals surface area contributed by atoms with Gasteiger partial charge in [0.05, 0.1) is 17.4 Å². The summed E-state index contributed by atoms with van der Waals surface area (Å²) in [6.45, 7) is 6.27. The lowest BCUT2D eigenvalue weighted by Gasteiger charge is -2.21. The Kier molecular flexibility index (Phi) is 8.59.